The van der Waals surface area contributed by atoms with Crippen molar-refractivity contribution in [2.24, 2.45) is 0 Å². The molecule has 2 aromatic rings. The average molecular weight is 467 g/mol. The Labute approximate surface area is 189 Å². The first-order valence-electron chi connectivity index (χ1n) is 10.4. The molecular weight excluding hydrogens is 441 g/mol. The number of rotatable bonds is 7. The van der Waals surface area contributed by atoms with Gasteiger partial charge in [-0.15, -0.1) is 24.9 Å². The van der Waals surface area contributed by atoms with Crippen molar-refractivity contribution in [3.63, 3.8) is 0 Å². The molecule has 0 aromatic heterocycles. The van der Waals surface area contributed by atoms with Crippen LogP contribution in [0.4, 0.5) is 18.9 Å². The van der Waals surface area contributed by atoms with Gasteiger partial charge in [-0.05, 0) is 37.1 Å². The van der Waals surface area contributed by atoms with Gasteiger partial charge in [-0.1, -0.05) is 37.5 Å². The molecule has 2 aromatic carbocycles. The minimum atomic E-state index is -4.82. The maximum absolute atomic E-state index is 12.8. The first-order valence-corrected chi connectivity index (χ1v) is 11.4. The molecule has 0 spiro atoms. The fourth-order valence-electron chi connectivity index (χ4n) is 3.66. The van der Waals surface area contributed by atoms with E-state index in [0.717, 1.165) is 37.8 Å². The number of nitrogens with one attached hydrogen (secondary N) is 1. The third-order valence-electron chi connectivity index (χ3n) is 5.32. The Bertz CT molecular complexity index is 946. The largest absolute Gasteiger partial charge is 0.573 e. The van der Waals surface area contributed by atoms with Crippen LogP contribution in [0.5, 0.6) is 5.75 Å². The molecule has 9 heteroatoms. The predicted molar refractivity (Wildman–Crippen MR) is 118 cm³/mol. The Balaban J connectivity index is 1.64. The van der Waals surface area contributed by atoms with E-state index in [-0.39, 0.29) is 23.4 Å². The van der Waals surface area contributed by atoms with Crippen LogP contribution in [0.2, 0.25) is 0 Å². The maximum Gasteiger partial charge on any atom is 0.573 e. The van der Waals surface area contributed by atoms with E-state index >= 15 is 0 Å². The molecule has 3 rings (SSSR count). The van der Waals surface area contributed by atoms with Gasteiger partial charge < -0.3 is 15.0 Å². The predicted octanol–water partition coefficient (Wildman–Crippen LogP) is 5.72. The first kappa shape index (κ1) is 24.0. The number of amides is 2. The van der Waals surface area contributed by atoms with Gasteiger partial charge in [0, 0.05) is 29.7 Å². The Morgan fingerprint density at radius 1 is 1.09 bits per heavy atom. The number of alkyl halides is 3. The van der Waals surface area contributed by atoms with Crippen LogP contribution in [-0.2, 0) is 4.79 Å². The SMILES string of the molecule is CN(C(=O)CSc1ccccc1C(=O)Nc1cccc(OC(F)(F)F)c1)C1CCCCC1. The molecule has 1 N–H and O–H groups in total. The highest BCUT2D eigenvalue weighted by Gasteiger charge is 2.31. The zero-order chi connectivity index (χ0) is 23.1. The van der Waals surface area contributed by atoms with Crippen LogP contribution >= 0.6 is 11.8 Å². The van der Waals surface area contributed by atoms with Gasteiger partial charge in [0.2, 0.25) is 5.91 Å². The van der Waals surface area contributed by atoms with Crippen molar-refractivity contribution < 1.29 is 27.5 Å². The number of halogens is 3. The van der Waals surface area contributed by atoms with Crippen molar-refractivity contribution >= 4 is 29.3 Å². The van der Waals surface area contributed by atoms with Gasteiger partial charge in [0.25, 0.3) is 5.91 Å². The highest BCUT2D eigenvalue weighted by Crippen LogP contribution is 2.28. The lowest BCUT2D eigenvalue weighted by molar-refractivity contribution is -0.274. The van der Waals surface area contributed by atoms with Crippen molar-refractivity contribution in [1.29, 1.82) is 0 Å². The van der Waals surface area contributed by atoms with Crippen molar-refractivity contribution in [3.05, 3.63) is 54.1 Å². The fourth-order valence-corrected chi connectivity index (χ4v) is 4.64. The molecule has 0 saturated heterocycles. The quantitative estimate of drug-likeness (QED) is 0.530. The Morgan fingerprint density at radius 2 is 1.81 bits per heavy atom. The van der Waals surface area contributed by atoms with Crippen LogP contribution in [0.25, 0.3) is 0 Å². The van der Waals surface area contributed by atoms with E-state index in [1.54, 1.807) is 29.2 Å². The van der Waals surface area contributed by atoms with Crippen LogP contribution in [0.1, 0.15) is 42.5 Å². The van der Waals surface area contributed by atoms with Crippen molar-refractivity contribution in [2.45, 2.75) is 49.4 Å². The number of hydrogen-bond acceptors (Lipinski definition) is 4. The summed E-state index contributed by atoms with van der Waals surface area (Å²) in [7, 11) is 1.83. The van der Waals surface area contributed by atoms with Crippen molar-refractivity contribution in [3.8, 4) is 5.75 Å². The zero-order valence-electron chi connectivity index (χ0n) is 17.7. The number of benzene rings is 2. The van der Waals surface area contributed by atoms with Gasteiger partial charge in [0.15, 0.2) is 0 Å². The van der Waals surface area contributed by atoms with Gasteiger partial charge in [-0.2, -0.15) is 0 Å². The summed E-state index contributed by atoms with van der Waals surface area (Å²) in [6, 6.07) is 12.2. The van der Waals surface area contributed by atoms with E-state index in [0.29, 0.717) is 10.5 Å². The number of ether oxygens (including phenoxy) is 1. The van der Waals surface area contributed by atoms with Gasteiger partial charge in [-0.3, -0.25) is 9.59 Å². The molecule has 5 nitrogen and oxygen atoms in total. The number of anilines is 1. The summed E-state index contributed by atoms with van der Waals surface area (Å²) >= 11 is 1.27. The molecule has 1 fully saturated rings. The van der Waals surface area contributed by atoms with Crippen molar-refractivity contribution in [2.75, 3.05) is 18.1 Å². The molecule has 0 aliphatic heterocycles. The van der Waals surface area contributed by atoms with Crippen LogP contribution in [0.15, 0.2) is 53.4 Å². The monoisotopic (exact) mass is 466 g/mol. The zero-order valence-corrected chi connectivity index (χ0v) is 18.5. The lowest BCUT2D eigenvalue weighted by Gasteiger charge is -2.31. The van der Waals surface area contributed by atoms with Crippen LogP contribution in [-0.4, -0.2) is 41.9 Å². The van der Waals surface area contributed by atoms with Gasteiger partial charge in [0.1, 0.15) is 5.75 Å². The van der Waals surface area contributed by atoms with E-state index in [1.165, 1.54) is 30.3 Å². The molecule has 0 heterocycles. The molecular formula is C23H25F3N2O3S. The number of carbonyl (C=O) groups is 2. The molecule has 1 aliphatic carbocycles. The summed E-state index contributed by atoms with van der Waals surface area (Å²) in [5.41, 5.74) is 0.512. The van der Waals surface area contributed by atoms with E-state index in [2.05, 4.69) is 10.1 Å². The van der Waals surface area contributed by atoms with Gasteiger partial charge >= 0.3 is 6.36 Å². The summed E-state index contributed by atoms with van der Waals surface area (Å²) < 4.78 is 41.2. The Morgan fingerprint density at radius 3 is 2.53 bits per heavy atom. The molecule has 32 heavy (non-hydrogen) atoms. The molecule has 1 aliphatic rings. The third-order valence-corrected chi connectivity index (χ3v) is 6.38. The van der Waals surface area contributed by atoms with Crippen LogP contribution in [0, 0.1) is 0 Å². The highest BCUT2D eigenvalue weighted by molar-refractivity contribution is 8.00. The third kappa shape index (κ3) is 6.91. The van der Waals surface area contributed by atoms with E-state index in [9.17, 15) is 22.8 Å². The molecule has 172 valence electrons. The highest BCUT2D eigenvalue weighted by atomic mass is 32.2. The number of carbonyl (C=O) groups excluding carboxylic acids is 2. The smallest absolute Gasteiger partial charge is 0.406 e. The normalized spacial score (nSPS) is 14.6. The average Bonchev–Trinajstić information content (AvgIpc) is 2.76. The Kier molecular flexibility index (Phi) is 8.06. The molecule has 0 atom stereocenters. The number of thioether (sulfide) groups is 1. The molecule has 2 amide bonds. The van der Waals surface area contributed by atoms with Gasteiger partial charge in [-0.25, -0.2) is 0 Å². The van der Waals surface area contributed by atoms with E-state index in [4.69, 9.17) is 0 Å². The van der Waals surface area contributed by atoms with Crippen molar-refractivity contribution in [1.82, 2.24) is 4.90 Å². The molecule has 0 bridgehead atoms. The number of hydrogen-bond donors (Lipinski definition) is 1. The maximum atomic E-state index is 12.8. The second-order valence-corrected chi connectivity index (χ2v) is 8.63. The summed E-state index contributed by atoms with van der Waals surface area (Å²) in [5.74, 6) is -0.694. The van der Waals surface area contributed by atoms with Gasteiger partial charge in [0.05, 0.1) is 11.3 Å². The van der Waals surface area contributed by atoms with E-state index in [1.807, 2.05) is 7.05 Å². The summed E-state index contributed by atoms with van der Waals surface area (Å²) in [6.07, 6.45) is 0.692. The number of nitrogens with zero attached hydrogens (tertiary/aromatic N) is 1. The minimum absolute atomic E-state index is 0.00844. The second-order valence-electron chi connectivity index (χ2n) is 7.61. The summed E-state index contributed by atoms with van der Waals surface area (Å²) in [5, 5.41) is 2.59. The fraction of sp³-hybridized carbons (Fsp3) is 0.391. The summed E-state index contributed by atoms with van der Waals surface area (Å²) in [6.45, 7) is 0. The molecule has 0 unspecified atom stereocenters. The lowest BCUT2D eigenvalue weighted by atomic mass is 9.94. The van der Waals surface area contributed by atoms with Crippen LogP contribution in [0.3, 0.4) is 0 Å². The summed E-state index contributed by atoms with van der Waals surface area (Å²) in [4.78, 5) is 27.8. The molecule has 1 saturated carbocycles. The molecule has 0 radical (unpaired) electrons. The topological polar surface area (TPSA) is 58.6 Å². The lowest BCUT2D eigenvalue weighted by Crippen LogP contribution is -2.39. The minimum Gasteiger partial charge on any atom is -0.406 e. The first-order chi connectivity index (χ1) is 15.2. The van der Waals surface area contributed by atoms with E-state index < -0.39 is 18.0 Å². The second kappa shape index (κ2) is 10.8. The Hall–Kier alpha value is -2.68. The van der Waals surface area contributed by atoms with Crippen LogP contribution < -0.4 is 10.1 Å². The standard InChI is InChI=1S/C23H25F3N2O3S/c1-28(17-9-3-2-4-10-17)21(29)15-32-20-13-6-5-12-19(20)22(30)27-16-8-7-11-18(14-16)31-23(24,25)26/h5-8,11-14,17H,2-4,9-10,15H2,1H3,(H,27,30).